The lowest BCUT2D eigenvalue weighted by molar-refractivity contribution is 0.483. The molecule has 0 saturated carbocycles. The third-order valence-corrected chi connectivity index (χ3v) is 4.49. The monoisotopic (exact) mass is 386 g/mol. The molecule has 8 heteroatoms. The zero-order valence-corrected chi connectivity index (χ0v) is 15.7. The number of aromatic nitrogens is 1. The minimum Gasteiger partial charge on any atom is -0.388 e. The lowest BCUT2D eigenvalue weighted by Crippen LogP contribution is -2.15. The Morgan fingerprint density at radius 3 is 2.41 bits per heavy atom. The van der Waals surface area contributed by atoms with Crippen LogP contribution < -0.4 is 11.1 Å². The van der Waals surface area contributed by atoms with Gasteiger partial charge in [0.15, 0.2) is 0 Å². The van der Waals surface area contributed by atoms with Crippen molar-refractivity contribution in [3.05, 3.63) is 66.2 Å². The predicted octanol–water partition coefficient (Wildman–Crippen LogP) is 3.21. The van der Waals surface area contributed by atoms with Crippen molar-refractivity contribution in [1.82, 2.24) is 4.98 Å². The topological polar surface area (TPSA) is 129 Å². The molecule has 2 aromatic carbocycles. The van der Waals surface area contributed by atoms with Gasteiger partial charge in [-0.2, -0.15) is 8.42 Å². The molecule has 0 radical (unpaired) electrons. The second-order valence-corrected chi connectivity index (χ2v) is 7.30. The van der Waals surface area contributed by atoms with Crippen LogP contribution in [0.3, 0.4) is 0 Å². The summed E-state index contributed by atoms with van der Waals surface area (Å²) in [5.74, 6) is 1.01. The Kier molecular flexibility index (Phi) is 6.86. The first-order valence-corrected chi connectivity index (χ1v) is 9.66. The van der Waals surface area contributed by atoms with E-state index in [4.69, 9.17) is 15.7 Å². The van der Waals surface area contributed by atoms with Crippen molar-refractivity contribution in [1.29, 1.82) is 5.41 Å². The summed E-state index contributed by atoms with van der Waals surface area (Å²) < 4.78 is 29.6. The van der Waals surface area contributed by atoms with Crippen LogP contribution in [0.1, 0.15) is 12.0 Å². The van der Waals surface area contributed by atoms with Crippen LogP contribution in [0, 0.1) is 12.3 Å². The van der Waals surface area contributed by atoms with Crippen LogP contribution in [0.15, 0.2) is 65.6 Å². The lowest BCUT2D eigenvalue weighted by Gasteiger charge is -2.05. The Bertz CT molecular complexity index is 1020. The van der Waals surface area contributed by atoms with Gasteiger partial charge in [-0.3, -0.25) is 9.96 Å². The summed E-state index contributed by atoms with van der Waals surface area (Å²) in [5, 5.41) is 11.4. The molecule has 0 spiro atoms. The molecule has 7 nitrogen and oxygen atoms in total. The van der Waals surface area contributed by atoms with Gasteiger partial charge in [0.1, 0.15) is 5.82 Å². The van der Waals surface area contributed by atoms with Crippen molar-refractivity contribution in [2.75, 3.05) is 11.9 Å². The summed E-state index contributed by atoms with van der Waals surface area (Å²) in [6, 6.07) is 17.9. The van der Waals surface area contributed by atoms with E-state index in [9.17, 15) is 8.42 Å². The molecule has 5 N–H and O–H groups in total. The molecule has 0 aliphatic heterocycles. The smallest absolute Gasteiger partial charge is 0.294 e. The number of fused-ring (bicyclic) bond motifs is 1. The third-order valence-electron chi connectivity index (χ3n) is 3.62. The molecule has 3 aromatic rings. The zero-order valence-electron chi connectivity index (χ0n) is 14.9. The Morgan fingerprint density at radius 1 is 1.11 bits per heavy atom. The van der Waals surface area contributed by atoms with Gasteiger partial charge in [0.2, 0.25) is 0 Å². The molecule has 142 valence electrons. The fraction of sp³-hybridized carbons (Fsp3) is 0.158. The van der Waals surface area contributed by atoms with Gasteiger partial charge in [0.25, 0.3) is 10.1 Å². The molecular formula is C19H22N4O3S. The molecular weight excluding hydrogens is 364 g/mol. The Morgan fingerprint density at radius 2 is 1.78 bits per heavy atom. The molecule has 0 atom stereocenters. The average Bonchev–Trinajstić information content (AvgIpc) is 2.61. The maximum atomic E-state index is 10.5. The molecule has 1 aromatic heterocycles. The van der Waals surface area contributed by atoms with Crippen LogP contribution in [0.4, 0.5) is 5.82 Å². The number of anilines is 1. The van der Waals surface area contributed by atoms with Crippen molar-refractivity contribution in [2.45, 2.75) is 18.2 Å². The number of hydrogen-bond acceptors (Lipinski definition) is 5. The molecule has 0 aliphatic carbocycles. The maximum absolute atomic E-state index is 10.5. The molecule has 1 heterocycles. The van der Waals surface area contributed by atoms with E-state index < -0.39 is 10.1 Å². The minimum atomic E-state index is -4.02. The van der Waals surface area contributed by atoms with Crippen molar-refractivity contribution >= 4 is 32.7 Å². The molecule has 0 amide bonds. The lowest BCUT2D eigenvalue weighted by atomic mass is 10.2. The molecule has 0 aliphatic rings. The van der Waals surface area contributed by atoms with Crippen LogP contribution in [0.25, 0.3) is 10.9 Å². The third kappa shape index (κ3) is 6.69. The largest absolute Gasteiger partial charge is 0.388 e. The number of amidine groups is 1. The minimum absolute atomic E-state index is 0.0666. The highest BCUT2D eigenvalue weighted by atomic mass is 32.2. The summed E-state index contributed by atoms with van der Waals surface area (Å²) >= 11 is 0. The molecule has 27 heavy (non-hydrogen) atoms. The second kappa shape index (κ2) is 9.11. The van der Waals surface area contributed by atoms with Gasteiger partial charge in [0.05, 0.1) is 16.2 Å². The fourth-order valence-corrected chi connectivity index (χ4v) is 2.68. The van der Waals surface area contributed by atoms with Crippen molar-refractivity contribution < 1.29 is 13.0 Å². The summed E-state index contributed by atoms with van der Waals surface area (Å²) in [5.41, 5.74) is 7.19. The van der Waals surface area contributed by atoms with E-state index >= 15 is 0 Å². The number of pyridine rings is 1. The van der Waals surface area contributed by atoms with Crippen LogP contribution in [0.2, 0.25) is 0 Å². The van der Waals surface area contributed by atoms with Gasteiger partial charge in [-0.05, 0) is 37.3 Å². The highest BCUT2D eigenvalue weighted by Crippen LogP contribution is 2.14. The quantitative estimate of drug-likeness (QED) is 0.303. The molecule has 0 bridgehead atoms. The molecule has 0 fully saturated rings. The van der Waals surface area contributed by atoms with E-state index in [1.807, 2.05) is 43.3 Å². The van der Waals surface area contributed by atoms with E-state index in [1.54, 1.807) is 12.1 Å². The molecule has 0 unspecified atom stereocenters. The molecule has 3 rings (SSSR count). The fourth-order valence-electron chi connectivity index (χ4n) is 2.20. The number of nitrogens with two attached hydrogens (primary N) is 1. The van der Waals surface area contributed by atoms with Crippen molar-refractivity contribution in [3.63, 3.8) is 0 Å². The highest BCUT2D eigenvalue weighted by molar-refractivity contribution is 7.85. The number of rotatable bonds is 5. The first-order valence-electron chi connectivity index (χ1n) is 8.22. The van der Waals surface area contributed by atoms with E-state index in [0.29, 0.717) is 13.0 Å². The number of hydrogen-bond donors (Lipinski definition) is 4. The number of para-hydroxylation sites is 1. The number of benzene rings is 2. The van der Waals surface area contributed by atoms with Crippen LogP contribution in [0.5, 0.6) is 0 Å². The first-order chi connectivity index (χ1) is 12.8. The number of nitrogens with one attached hydrogen (secondary N) is 2. The predicted molar refractivity (Wildman–Crippen MR) is 108 cm³/mol. The second-order valence-electron chi connectivity index (χ2n) is 5.88. The Hall–Kier alpha value is -2.97. The number of aryl methyl sites for hydroxylation is 1. The molecule has 0 saturated heterocycles. The maximum Gasteiger partial charge on any atom is 0.294 e. The Labute approximate surface area is 158 Å². The summed E-state index contributed by atoms with van der Waals surface area (Å²) in [6.07, 6.45) is 0.536. The highest BCUT2D eigenvalue weighted by Gasteiger charge is 2.06. The SMILES string of the molecule is Cc1ccc(S(=O)(=O)O)cc1.N=C(N)CCNc1ccc2ccccc2n1. The Balaban J connectivity index is 0.000000208. The van der Waals surface area contributed by atoms with Gasteiger partial charge < -0.3 is 11.1 Å². The number of nitrogens with zero attached hydrogens (tertiary/aromatic N) is 1. The van der Waals surface area contributed by atoms with Gasteiger partial charge in [0, 0.05) is 18.4 Å². The summed E-state index contributed by atoms with van der Waals surface area (Å²) in [4.78, 5) is 4.38. The van der Waals surface area contributed by atoms with Crippen LogP contribution in [-0.4, -0.2) is 30.3 Å². The van der Waals surface area contributed by atoms with E-state index in [1.165, 1.54) is 12.1 Å². The van der Waals surface area contributed by atoms with Gasteiger partial charge in [-0.1, -0.05) is 35.9 Å². The first kappa shape index (κ1) is 20.3. The van der Waals surface area contributed by atoms with E-state index in [-0.39, 0.29) is 10.7 Å². The summed E-state index contributed by atoms with van der Waals surface area (Å²) in [7, 11) is -4.02. The van der Waals surface area contributed by atoms with Crippen molar-refractivity contribution in [3.8, 4) is 0 Å². The van der Waals surface area contributed by atoms with Gasteiger partial charge >= 0.3 is 0 Å². The zero-order chi connectivity index (χ0) is 19.9. The normalized spacial score (nSPS) is 10.7. The average molecular weight is 386 g/mol. The van der Waals surface area contributed by atoms with Gasteiger partial charge in [-0.15, -0.1) is 0 Å². The van der Waals surface area contributed by atoms with Crippen LogP contribution >= 0.6 is 0 Å². The van der Waals surface area contributed by atoms with Crippen LogP contribution in [-0.2, 0) is 10.1 Å². The summed E-state index contributed by atoms with van der Waals surface area (Å²) in [6.45, 7) is 2.48. The van der Waals surface area contributed by atoms with Crippen molar-refractivity contribution in [2.24, 2.45) is 5.73 Å². The van der Waals surface area contributed by atoms with Gasteiger partial charge in [-0.25, -0.2) is 4.98 Å². The van der Waals surface area contributed by atoms with E-state index in [2.05, 4.69) is 10.3 Å². The van der Waals surface area contributed by atoms with E-state index in [0.717, 1.165) is 22.3 Å². The standard InChI is InChI=1S/C12H14N4.C7H8O3S/c13-11(14)7-8-15-12-6-5-9-3-1-2-4-10(9)16-12;1-6-2-4-7(5-3-6)11(8,9)10/h1-6H,7-8H2,(H3,13,14)(H,15,16);2-5H,1H3,(H,8,9,10).